The molecule has 1 saturated heterocycles. The summed E-state index contributed by atoms with van der Waals surface area (Å²) in [6.07, 6.45) is 4.10. The fourth-order valence-electron chi connectivity index (χ4n) is 4.82. The Balaban J connectivity index is 1.85. The maximum atomic E-state index is 13.8. The number of unbranched alkanes of at least 4 members (excludes halogenated alkanes) is 1. The number of carbonyl (C=O) groups is 3. The van der Waals surface area contributed by atoms with Crippen LogP contribution in [-0.2, 0) is 14.3 Å². The van der Waals surface area contributed by atoms with Crippen molar-refractivity contribution in [2.24, 2.45) is 5.92 Å². The summed E-state index contributed by atoms with van der Waals surface area (Å²) in [5.74, 6) is -0.953. The van der Waals surface area contributed by atoms with E-state index in [1.807, 2.05) is 0 Å². The number of thiazole rings is 1. The predicted octanol–water partition coefficient (Wildman–Crippen LogP) is 7.03. The van der Waals surface area contributed by atoms with Gasteiger partial charge >= 0.3 is 11.9 Å². The average Bonchev–Trinajstić information content (AvgIpc) is 3.55. The number of methoxy groups -OCH3 is 1. The van der Waals surface area contributed by atoms with Gasteiger partial charge in [0, 0.05) is 5.56 Å². The summed E-state index contributed by atoms with van der Waals surface area (Å²) in [6, 6.07) is 10.7. The maximum Gasteiger partial charge on any atom is 0.350 e. The van der Waals surface area contributed by atoms with Crippen molar-refractivity contribution in [3.05, 3.63) is 82.4 Å². The minimum Gasteiger partial charge on any atom is -0.507 e. The van der Waals surface area contributed by atoms with E-state index in [4.69, 9.17) is 18.9 Å². The molecule has 0 spiro atoms. The van der Waals surface area contributed by atoms with Gasteiger partial charge in [-0.1, -0.05) is 69.4 Å². The highest BCUT2D eigenvalue weighted by Crippen LogP contribution is 2.45. The fourth-order valence-corrected chi connectivity index (χ4v) is 5.81. The lowest BCUT2D eigenvalue weighted by molar-refractivity contribution is -0.132. The number of aliphatic hydroxyl groups excluding tert-OH is 1. The molecule has 2 heterocycles. The standard InChI is InChI=1S/C35H40N2O8S/c1-7-9-17-43-25-12-10-11-24(19-25)30(38)28-29(23-13-14-26(27(20-23)42-6)44-18-15-21(3)4)37(33(40)31(28)39)35-36-22(5)32(46-35)34(41)45-16-8-2/h8,10-14,19-21,29,38H,2,7,9,15-18H2,1,3-6H3. The van der Waals surface area contributed by atoms with E-state index in [9.17, 15) is 19.5 Å². The highest BCUT2D eigenvalue weighted by molar-refractivity contribution is 7.17. The summed E-state index contributed by atoms with van der Waals surface area (Å²) in [5, 5.41) is 11.8. The number of nitrogens with zero attached hydrogens (tertiary/aromatic N) is 2. The third kappa shape index (κ3) is 7.59. The largest absolute Gasteiger partial charge is 0.507 e. The lowest BCUT2D eigenvalue weighted by atomic mass is 9.95. The van der Waals surface area contributed by atoms with Crippen LogP contribution in [0.4, 0.5) is 5.13 Å². The zero-order valence-corrected chi connectivity index (χ0v) is 27.6. The Morgan fingerprint density at radius 3 is 2.61 bits per heavy atom. The number of Topliss-reactive ketones (excluding diaryl/α,β-unsaturated/α-hetero) is 1. The number of anilines is 1. The van der Waals surface area contributed by atoms with Crippen molar-refractivity contribution < 1.29 is 38.4 Å². The van der Waals surface area contributed by atoms with Gasteiger partial charge in [0.05, 0.1) is 37.6 Å². The second-order valence-electron chi connectivity index (χ2n) is 11.1. The van der Waals surface area contributed by atoms with Gasteiger partial charge in [0.2, 0.25) is 0 Å². The Labute approximate surface area is 273 Å². The molecule has 0 aliphatic carbocycles. The Hall–Kier alpha value is -4.64. The normalized spacial score (nSPS) is 15.7. The highest BCUT2D eigenvalue weighted by Gasteiger charge is 2.48. The van der Waals surface area contributed by atoms with Gasteiger partial charge in [-0.2, -0.15) is 0 Å². The summed E-state index contributed by atoms with van der Waals surface area (Å²) >= 11 is 0.922. The molecule has 2 aromatic carbocycles. The van der Waals surface area contributed by atoms with Crippen LogP contribution in [0.1, 0.15) is 72.6 Å². The van der Waals surface area contributed by atoms with E-state index in [1.54, 1.807) is 49.4 Å². The number of ether oxygens (including phenoxy) is 4. The molecule has 0 radical (unpaired) electrons. The van der Waals surface area contributed by atoms with E-state index in [-0.39, 0.29) is 27.9 Å². The van der Waals surface area contributed by atoms with Gasteiger partial charge in [-0.05, 0) is 55.5 Å². The van der Waals surface area contributed by atoms with E-state index >= 15 is 0 Å². The van der Waals surface area contributed by atoms with Crippen LogP contribution in [-0.4, -0.2) is 54.7 Å². The first kappa shape index (κ1) is 34.2. The second kappa shape index (κ2) is 15.6. The fraction of sp³-hybridized carbons (Fsp3) is 0.371. The Morgan fingerprint density at radius 1 is 1.13 bits per heavy atom. The van der Waals surface area contributed by atoms with E-state index in [1.165, 1.54) is 18.1 Å². The molecule has 46 heavy (non-hydrogen) atoms. The van der Waals surface area contributed by atoms with Gasteiger partial charge in [-0.3, -0.25) is 14.5 Å². The van der Waals surface area contributed by atoms with Crippen LogP contribution in [0, 0.1) is 12.8 Å². The van der Waals surface area contributed by atoms with Crippen molar-refractivity contribution in [2.45, 2.75) is 53.0 Å². The first-order valence-corrected chi connectivity index (χ1v) is 16.0. The number of esters is 1. The molecule has 1 fully saturated rings. The van der Waals surface area contributed by atoms with Crippen LogP contribution < -0.4 is 19.1 Å². The summed E-state index contributed by atoms with van der Waals surface area (Å²) < 4.78 is 22.6. The Bertz CT molecular complexity index is 1630. The SMILES string of the molecule is C=CCOC(=O)c1sc(N2C(=O)C(=O)C(=C(O)c3cccc(OCCCC)c3)C2c2ccc(OCCC(C)C)c(OC)c2)nc1C. The van der Waals surface area contributed by atoms with Gasteiger partial charge in [0.25, 0.3) is 5.78 Å². The second-order valence-corrected chi connectivity index (χ2v) is 12.1. The van der Waals surface area contributed by atoms with Crippen molar-refractivity contribution >= 4 is 39.9 Å². The summed E-state index contributed by atoms with van der Waals surface area (Å²) in [5.41, 5.74) is 0.961. The molecular weight excluding hydrogens is 608 g/mol. The number of aliphatic hydroxyl groups is 1. The van der Waals surface area contributed by atoms with Crippen LogP contribution in [0.5, 0.6) is 17.2 Å². The van der Waals surface area contributed by atoms with Crippen molar-refractivity contribution in [2.75, 3.05) is 31.8 Å². The van der Waals surface area contributed by atoms with Crippen molar-refractivity contribution in [1.82, 2.24) is 4.98 Å². The quantitative estimate of drug-likeness (QED) is 0.0462. The van der Waals surface area contributed by atoms with Gasteiger partial charge in [0.15, 0.2) is 16.6 Å². The molecule has 0 bridgehead atoms. The highest BCUT2D eigenvalue weighted by atomic mass is 32.1. The van der Waals surface area contributed by atoms with Crippen molar-refractivity contribution in [1.29, 1.82) is 0 Å². The number of aromatic nitrogens is 1. The number of rotatable bonds is 15. The number of hydrogen-bond acceptors (Lipinski definition) is 10. The van der Waals surface area contributed by atoms with E-state index in [0.717, 1.165) is 30.6 Å². The molecule has 10 nitrogen and oxygen atoms in total. The number of benzene rings is 2. The first-order valence-electron chi connectivity index (χ1n) is 15.2. The molecule has 0 saturated carbocycles. The molecule has 1 N–H and O–H groups in total. The van der Waals surface area contributed by atoms with Crippen molar-refractivity contribution in [3.8, 4) is 17.2 Å². The third-order valence-electron chi connectivity index (χ3n) is 7.28. The monoisotopic (exact) mass is 648 g/mol. The molecule has 1 aliphatic rings. The van der Waals surface area contributed by atoms with Crippen LogP contribution in [0.2, 0.25) is 0 Å². The molecule has 1 unspecified atom stereocenters. The van der Waals surface area contributed by atoms with Crippen LogP contribution in [0.25, 0.3) is 5.76 Å². The number of amides is 1. The minimum atomic E-state index is -1.11. The predicted molar refractivity (Wildman–Crippen MR) is 177 cm³/mol. The molecule has 4 rings (SSSR count). The molecule has 3 aromatic rings. The molecule has 11 heteroatoms. The summed E-state index contributed by atoms with van der Waals surface area (Å²) in [4.78, 5) is 46.1. The summed E-state index contributed by atoms with van der Waals surface area (Å²) in [6.45, 7) is 12.4. The Kier molecular flexibility index (Phi) is 11.6. The Morgan fingerprint density at radius 2 is 1.91 bits per heavy atom. The van der Waals surface area contributed by atoms with Crippen LogP contribution >= 0.6 is 11.3 Å². The third-order valence-corrected chi connectivity index (χ3v) is 8.42. The molecule has 1 amide bonds. The average molecular weight is 649 g/mol. The lowest BCUT2D eigenvalue weighted by Crippen LogP contribution is -2.29. The zero-order chi connectivity index (χ0) is 33.4. The summed E-state index contributed by atoms with van der Waals surface area (Å²) in [7, 11) is 1.50. The van der Waals surface area contributed by atoms with Gasteiger partial charge < -0.3 is 24.1 Å². The topological polar surface area (TPSA) is 124 Å². The van der Waals surface area contributed by atoms with Gasteiger partial charge in [-0.25, -0.2) is 9.78 Å². The van der Waals surface area contributed by atoms with E-state index < -0.39 is 23.7 Å². The zero-order valence-electron chi connectivity index (χ0n) is 26.8. The number of ketones is 1. The van der Waals surface area contributed by atoms with Crippen molar-refractivity contribution in [3.63, 3.8) is 0 Å². The van der Waals surface area contributed by atoms with Crippen LogP contribution in [0.15, 0.2) is 60.7 Å². The minimum absolute atomic E-state index is 0.00261. The molecule has 1 atom stereocenters. The van der Waals surface area contributed by atoms with E-state index in [0.29, 0.717) is 53.2 Å². The molecule has 1 aliphatic heterocycles. The number of aryl methyl sites for hydroxylation is 1. The number of hydrogen-bond donors (Lipinski definition) is 1. The van der Waals surface area contributed by atoms with Gasteiger partial charge in [-0.15, -0.1) is 0 Å². The lowest BCUT2D eigenvalue weighted by Gasteiger charge is -2.24. The van der Waals surface area contributed by atoms with E-state index in [2.05, 4.69) is 32.3 Å². The molecular formula is C35H40N2O8S. The van der Waals surface area contributed by atoms with Crippen LogP contribution in [0.3, 0.4) is 0 Å². The molecule has 244 valence electrons. The number of carbonyl (C=O) groups excluding carboxylic acids is 3. The maximum absolute atomic E-state index is 13.8. The first-order chi connectivity index (χ1) is 22.1. The van der Waals surface area contributed by atoms with Gasteiger partial charge in [0.1, 0.15) is 23.0 Å². The smallest absolute Gasteiger partial charge is 0.350 e. The molecule has 1 aromatic heterocycles.